The van der Waals surface area contributed by atoms with Gasteiger partial charge in [-0.3, -0.25) is 4.68 Å². The van der Waals surface area contributed by atoms with Crippen molar-refractivity contribution in [1.29, 1.82) is 0 Å². The van der Waals surface area contributed by atoms with Crippen LogP contribution in [-0.2, 0) is 18.5 Å². The molecule has 0 unspecified atom stereocenters. The minimum Gasteiger partial charge on any atom is -0.489 e. The Bertz CT molecular complexity index is 525. The van der Waals surface area contributed by atoms with Gasteiger partial charge in [0.25, 0.3) is 0 Å². The fraction of sp³-hybridized carbons (Fsp3) is 0.308. The van der Waals surface area contributed by atoms with E-state index in [0.29, 0.717) is 6.61 Å². The number of ether oxygens (including phenoxy) is 1. The van der Waals surface area contributed by atoms with E-state index in [2.05, 4.69) is 43.9 Å². The molecule has 0 aliphatic rings. The Labute approximate surface area is 123 Å². The van der Waals surface area contributed by atoms with Gasteiger partial charge >= 0.3 is 0 Å². The Morgan fingerprint density at radius 2 is 2.22 bits per heavy atom. The summed E-state index contributed by atoms with van der Waals surface area (Å²) in [5.74, 6) is 0.872. The summed E-state index contributed by atoms with van der Waals surface area (Å²) in [5.41, 5.74) is 2.26. The maximum absolute atomic E-state index is 5.75. The first-order valence-electron chi connectivity index (χ1n) is 5.71. The Morgan fingerprint density at radius 1 is 1.39 bits per heavy atom. The van der Waals surface area contributed by atoms with Gasteiger partial charge in [0.1, 0.15) is 12.4 Å². The van der Waals surface area contributed by atoms with Crippen LogP contribution < -0.4 is 4.74 Å². The van der Waals surface area contributed by atoms with Crippen LogP contribution in [-0.4, -0.2) is 9.78 Å². The van der Waals surface area contributed by atoms with E-state index in [0.717, 1.165) is 27.7 Å². The van der Waals surface area contributed by atoms with Gasteiger partial charge in [-0.05, 0) is 30.7 Å². The van der Waals surface area contributed by atoms with Crippen LogP contribution in [0.3, 0.4) is 0 Å². The molecule has 0 aliphatic carbocycles. The molecule has 3 nitrogen and oxygen atoms in total. The lowest BCUT2D eigenvalue weighted by atomic mass is 10.2. The molecule has 0 amide bonds. The van der Waals surface area contributed by atoms with Gasteiger partial charge in [-0.2, -0.15) is 5.10 Å². The second kappa shape index (κ2) is 6.38. The number of rotatable bonds is 5. The lowest BCUT2D eigenvalue weighted by molar-refractivity contribution is 0.306. The van der Waals surface area contributed by atoms with Crippen LogP contribution in [0.25, 0.3) is 0 Å². The van der Waals surface area contributed by atoms with Crippen molar-refractivity contribution in [3.8, 4) is 5.75 Å². The van der Waals surface area contributed by atoms with Crippen molar-refractivity contribution in [2.45, 2.75) is 25.4 Å². The lowest BCUT2D eigenvalue weighted by Crippen LogP contribution is -1.96. The Balaban J connectivity index is 2.01. The average Bonchev–Trinajstić information content (AvgIpc) is 2.86. The zero-order chi connectivity index (χ0) is 13.0. The molecule has 0 fully saturated rings. The molecular weight excluding hydrogens is 360 g/mol. The van der Waals surface area contributed by atoms with Gasteiger partial charge < -0.3 is 4.74 Å². The summed E-state index contributed by atoms with van der Waals surface area (Å²) in [4.78, 5) is 0. The molecule has 1 heterocycles. The molecule has 2 aromatic rings. The minimum atomic E-state index is 0.545. The van der Waals surface area contributed by atoms with Gasteiger partial charge in [-0.25, -0.2) is 0 Å². The monoisotopic (exact) mass is 372 g/mol. The third kappa shape index (κ3) is 3.36. The van der Waals surface area contributed by atoms with Gasteiger partial charge in [0.05, 0.1) is 6.20 Å². The number of nitrogens with zero attached hydrogens (tertiary/aromatic N) is 2. The SMILES string of the molecule is CCn1cc(COc2ccc(Br)c(CBr)c2)cn1. The molecule has 0 spiro atoms. The van der Waals surface area contributed by atoms with Crippen molar-refractivity contribution >= 4 is 31.9 Å². The van der Waals surface area contributed by atoms with E-state index >= 15 is 0 Å². The number of aromatic nitrogens is 2. The summed E-state index contributed by atoms with van der Waals surface area (Å²) >= 11 is 6.95. The van der Waals surface area contributed by atoms with Gasteiger partial charge in [0.15, 0.2) is 0 Å². The van der Waals surface area contributed by atoms with Crippen LogP contribution in [0.5, 0.6) is 5.75 Å². The molecule has 0 atom stereocenters. The molecule has 1 aromatic carbocycles. The quantitative estimate of drug-likeness (QED) is 0.736. The topological polar surface area (TPSA) is 27.1 Å². The highest BCUT2D eigenvalue weighted by atomic mass is 79.9. The minimum absolute atomic E-state index is 0.545. The van der Waals surface area contributed by atoms with Crippen LogP contribution in [0.1, 0.15) is 18.1 Å². The Hall–Kier alpha value is -0.810. The summed E-state index contributed by atoms with van der Waals surface area (Å²) in [6.07, 6.45) is 3.85. The van der Waals surface area contributed by atoms with E-state index in [1.54, 1.807) is 0 Å². The highest BCUT2D eigenvalue weighted by Crippen LogP contribution is 2.25. The van der Waals surface area contributed by atoms with Gasteiger partial charge in [-0.15, -0.1) is 0 Å². The Kier molecular flexibility index (Phi) is 4.83. The van der Waals surface area contributed by atoms with E-state index in [9.17, 15) is 0 Å². The van der Waals surface area contributed by atoms with E-state index in [-0.39, 0.29) is 0 Å². The van der Waals surface area contributed by atoms with Crippen LogP contribution in [0, 0.1) is 0 Å². The van der Waals surface area contributed by atoms with Crippen LogP contribution in [0.15, 0.2) is 35.1 Å². The molecule has 0 saturated carbocycles. The standard InChI is InChI=1S/C13H14Br2N2O/c1-2-17-8-10(7-16-17)9-18-12-3-4-13(15)11(5-12)6-14/h3-5,7-8H,2,6,9H2,1H3. The largest absolute Gasteiger partial charge is 0.489 e. The summed E-state index contributed by atoms with van der Waals surface area (Å²) in [6.45, 7) is 3.49. The zero-order valence-corrected chi connectivity index (χ0v) is 13.2. The number of halogens is 2. The van der Waals surface area contributed by atoms with Crippen LogP contribution >= 0.6 is 31.9 Å². The predicted octanol–water partition coefficient (Wildman–Crippen LogP) is 4.14. The first-order chi connectivity index (χ1) is 8.72. The third-order valence-corrected chi connectivity index (χ3v) is 3.96. The van der Waals surface area contributed by atoms with Crippen molar-refractivity contribution in [3.05, 3.63) is 46.2 Å². The van der Waals surface area contributed by atoms with Crippen molar-refractivity contribution in [2.75, 3.05) is 0 Å². The van der Waals surface area contributed by atoms with Crippen molar-refractivity contribution in [2.24, 2.45) is 0 Å². The highest BCUT2D eigenvalue weighted by molar-refractivity contribution is 9.10. The molecule has 18 heavy (non-hydrogen) atoms. The highest BCUT2D eigenvalue weighted by Gasteiger charge is 2.03. The normalized spacial score (nSPS) is 10.6. The molecule has 5 heteroatoms. The second-order valence-electron chi connectivity index (χ2n) is 3.88. The van der Waals surface area contributed by atoms with Crippen molar-refractivity contribution in [3.63, 3.8) is 0 Å². The van der Waals surface area contributed by atoms with Gasteiger partial charge in [0.2, 0.25) is 0 Å². The molecule has 0 saturated heterocycles. The smallest absolute Gasteiger partial charge is 0.120 e. The summed E-state index contributed by atoms with van der Waals surface area (Å²) in [7, 11) is 0. The van der Waals surface area contributed by atoms with E-state index in [1.165, 1.54) is 5.56 Å². The molecular formula is C13H14Br2N2O. The van der Waals surface area contributed by atoms with Gasteiger partial charge in [0, 0.05) is 28.1 Å². The van der Waals surface area contributed by atoms with E-state index < -0.39 is 0 Å². The number of benzene rings is 1. The maximum Gasteiger partial charge on any atom is 0.120 e. The molecule has 96 valence electrons. The van der Waals surface area contributed by atoms with E-state index in [4.69, 9.17) is 4.74 Å². The average molecular weight is 374 g/mol. The third-order valence-electron chi connectivity index (χ3n) is 2.58. The lowest BCUT2D eigenvalue weighted by Gasteiger charge is -2.07. The molecule has 2 rings (SSSR count). The summed E-state index contributed by atoms with van der Waals surface area (Å²) in [5, 5.41) is 5.02. The van der Waals surface area contributed by atoms with Crippen LogP contribution in [0.2, 0.25) is 0 Å². The number of aryl methyl sites for hydroxylation is 1. The van der Waals surface area contributed by atoms with Crippen molar-refractivity contribution in [1.82, 2.24) is 9.78 Å². The molecule has 0 N–H and O–H groups in total. The second-order valence-corrected chi connectivity index (χ2v) is 5.29. The fourth-order valence-corrected chi connectivity index (χ4v) is 2.79. The Morgan fingerprint density at radius 3 is 2.89 bits per heavy atom. The number of hydrogen-bond donors (Lipinski definition) is 0. The maximum atomic E-state index is 5.75. The molecule has 1 aromatic heterocycles. The summed E-state index contributed by atoms with van der Waals surface area (Å²) < 4.78 is 8.73. The number of alkyl halides is 1. The van der Waals surface area contributed by atoms with Crippen molar-refractivity contribution < 1.29 is 4.74 Å². The molecule has 0 radical (unpaired) electrons. The fourth-order valence-electron chi connectivity index (χ4n) is 1.56. The molecule has 0 aliphatic heterocycles. The van der Waals surface area contributed by atoms with Crippen LogP contribution in [0.4, 0.5) is 0 Å². The first-order valence-corrected chi connectivity index (χ1v) is 7.63. The molecule has 0 bridgehead atoms. The first kappa shape index (κ1) is 13.6. The predicted molar refractivity (Wildman–Crippen MR) is 79.0 cm³/mol. The summed E-state index contributed by atoms with van der Waals surface area (Å²) in [6, 6.07) is 5.99. The zero-order valence-electron chi connectivity index (χ0n) is 10.1. The van der Waals surface area contributed by atoms with Gasteiger partial charge in [-0.1, -0.05) is 31.9 Å². The number of hydrogen-bond acceptors (Lipinski definition) is 2. The van der Waals surface area contributed by atoms with E-state index in [1.807, 2.05) is 35.3 Å².